The molecule has 0 aliphatic heterocycles. The number of hydrogen-bond acceptors (Lipinski definition) is 5. The number of thiazole rings is 1. The molecule has 6 heteroatoms. The largest absolute Gasteiger partial charge is 0.459 e. The Kier molecular flexibility index (Phi) is 3.98. The molecule has 3 heterocycles. The summed E-state index contributed by atoms with van der Waals surface area (Å²) >= 11 is 3.05. The van der Waals surface area contributed by atoms with Gasteiger partial charge in [0.2, 0.25) is 0 Å². The van der Waals surface area contributed by atoms with E-state index in [0.29, 0.717) is 0 Å². The molecule has 1 amide bonds. The molecule has 0 fully saturated rings. The van der Waals surface area contributed by atoms with Crippen molar-refractivity contribution in [2.75, 3.05) is 5.32 Å². The summed E-state index contributed by atoms with van der Waals surface area (Å²) in [6.07, 6.45) is 1.48. The smallest absolute Gasteiger partial charge is 0.292 e. The SMILES string of the molecule is O=C(Nc1sc(-c2ccccc2)nc1-c1cccs1)c1ccco1. The third-order valence-electron chi connectivity index (χ3n) is 3.37. The summed E-state index contributed by atoms with van der Waals surface area (Å²) in [6.45, 7) is 0. The maximum Gasteiger partial charge on any atom is 0.292 e. The number of benzene rings is 1. The molecule has 1 aromatic carbocycles. The molecule has 4 rings (SSSR count). The van der Waals surface area contributed by atoms with E-state index in [-0.39, 0.29) is 11.7 Å². The molecular weight excluding hydrogens is 340 g/mol. The molecule has 0 atom stereocenters. The molecule has 0 aliphatic rings. The number of aromatic nitrogens is 1. The van der Waals surface area contributed by atoms with Gasteiger partial charge in [0, 0.05) is 5.56 Å². The van der Waals surface area contributed by atoms with Crippen LogP contribution in [-0.4, -0.2) is 10.9 Å². The van der Waals surface area contributed by atoms with Crippen LogP contribution in [0.5, 0.6) is 0 Å². The lowest BCUT2D eigenvalue weighted by Crippen LogP contribution is -2.10. The van der Waals surface area contributed by atoms with E-state index in [4.69, 9.17) is 9.40 Å². The summed E-state index contributed by atoms with van der Waals surface area (Å²) in [7, 11) is 0. The predicted molar refractivity (Wildman–Crippen MR) is 97.5 cm³/mol. The molecule has 0 radical (unpaired) electrons. The van der Waals surface area contributed by atoms with Gasteiger partial charge in [0.25, 0.3) is 5.91 Å². The van der Waals surface area contributed by atoms with Gasteiger partial charge < -0.3 is 9.73 Å². The van der Waals surface area contributed by atoms with Gasteiger partial charge in [-0.3, -0.25) is 4.79 Å². The number of anilines is 1. The lowest BCUT2D eigenvalue weighted by Gasteiger charge is -2.01. The van der Waals surface area contributed by atoms with Crippen molar-refractivity contribution in [3.05, 3.63) is 72.0 Å². The van der Waals surface area contributed by atoms with Crippen LogP contribution in [0.25, 0.3) is 21.1 Å². The fraction of sp³-hybridized carbons (Fsp3) is 0. The third-order valence-corrected chi connectivity index (χ3v) is 5.27. The molecule has 4 aromatic rings. The molecule has 0 saturated carbocycles. The van der Waals surface area contributed by atoms with Crippen LogP contribution in [-0.2, 0) is 0 Å². The molecule has 0 spiro atoms. The third kappa shape index (κ3) is 2.89. The molecular formula is C18H12N2O2S2. The first-order valence-electron chi connectivity index (χ1n) is 7.26. The minimum Gasteiger partial charge on any atom is -0.459 e. The highest BCUT2D eigenvalue weighted by molar-refractivity contribution is 7.20. The number of hydrogen-bond donors (Lipinski definition) is 1. The van der Waals surface area contributed by atoms with Gasteiger partial charge in [-0.15, -0.1) is 11.3 Å². The van der Waals surface area contributed by atoms with E-state index in [1.165, 1.54) is 17.6 Å². The highest BCUT2D eigenvalue weighted by Crippen LogP contribution is 2.39. The maximum atomic E-state index is 12.3. The Balaban J connectivity index is 1.74. The highest BCUT2D eigenvalue weighted by atomic mass is 32.1. The van der Waals surface area contributed by atoms with Crippen LogP contribution in [0, 0.1) is 0 Å². The van der Waals surface area contributed by atoms with E-state index < -0.39 is 0 Å². The van der Waals surface area contributed by atoms with Crippen molar-refractivity contribution >= 4 is 33.6 Å². The van der Waals surface area contributed by atoms with Crippen LogP contribution in [0.4, 0.5) is 5.00 Å². The van der Waals surface area contributed by atoms with Crippen molar-refractivity contribution in [2.24, 2.45) is 0 Å². The lowest BCUT2D eigenvalue weighted by molar-refractivity contribution is 0.0997. The zero-order valence-electron chi connectivity index (χ0n) is 12.4. The van der Waals surface area contributed by atoms with Gasteiger partial charge in [-0.25, -0.2) is 4.98 Å². The average molecular weight is 352 g/mol. The van der Waals surface area contributed by atoms with Crippen molar-refractivity contribution < 1.29 is 9.21 Å². The number of carbonyl (C=O) groups is 1. The van der Waals surface area contributed by atoms with Crippen LogP contribution >= 0.6 is 22.7 Å². The second-order valence-corrected chi connectivity index (χ2v) is 6.92. The van der Waals surface area contributed by atoms with Crippen molar-refractivity contribution in [1.82, 2.24) is 4.98 Å². The van der Waals surface area contributed by atoms with Crippen LogP contribution < -0.4 is 5.32 Å². The number of carbonyl (C=O) groups excluding carboxylic acids is 1. The molecule has 24 heavy (non-hydrogen) atoms. The number of rotatable bonds is 4. The van der Waals surface area contributed by atoms with Crippen LogP contribution in [0.2, 0.25) is 0 Å². The summed E-state index contributed by atoms with van der Waals surface area (Å²) in [5, 5.41) is 6.51. The Labute approximate surface area is 146 Å². The van der Waals surface area contributed by atoms with Gasteiger partial charge in [-0.2, -0.15) is 0 Å². The Bertz CT molecular complexity index is 943. The standard InChI is InChI=1S/C18H12N2O2S2/c21-16(13-8-4-10-22-13)20-18-15(14-9-5-11-23-14)19-17(24-18)12-6-2-1-3-7-12/h1-11H,(H,20,21). The molecule has 4 nitrogen and oxygen atoms in total. The number of nitrogens with one attached hydrogen (secondary N) is 1. The summed E-state index contributed by atoms with van der Waals surface area (Å²) in [5.74, 6) is 0.00265. The van der Waals surface area contributed by atoms with Gasteiger partial charge in [0.15, 0.2) is 5.76 Å². The normalized spacial score (nSPS) is 10.7. The predicted octanol–water partition coefficient (Wildman–Crippen LogP) is 5.38. The Morgan fingerprint density at radius 2 is 1.92 bits per heavy atom. The lowest BCUT2D eigenvalue weighted by atomic mass is 10.2. The summed E-state index contributed by atoms with van der Waals surface area (Å²) < 4.78 is 5.16. The van der Waals surface area contributed by atoms with Crippen LogP contribution in [0.3, 0.4) is 0 Å². The summed E-state index contributed by atoms with van der Waals surface area (Å²) in [4.78, 5) is 18.1. The van der Waals surface area contributed by atoms with E-state index in [1.54, 1.807) is 23.5 Å². The minimum absolute atomic E-state index is 0.277. The molecule has 0 saturated heterocycles. The van der Waals surface area contributed by atoms with Crippen molar-refractivity contribution in [1.29, 1.82) is 0 Å². The molecule has 0 aliphatic carbocycles. The van der Waals surface area contributed by atoms with Gasteiger partial charge in [0.1, 0.15) is 15.7 Å². The Morgan fingerprint density at radius 3 is 2.62 bits per heavy atom. The molecule has 3 aromatic heterocycles. The second kappa shape index (κ2) is 6.43. The van der Waals surface area contributed by atoms with Gasteiger partial charge in [-0.05, 0) is 23.6 Å². The molecule has 0 unspecified atom stereocenters. The first-order valence-corrected chi connectivity index (χ1v) is 8.96. The number of nitrogens with zero attached hydrogens (tertiary/aromatic N) is 1. The van der Waals surface area contributed by atoms with Gasteiger partial charge in [-0.1, -0.05) is 47.7 Å². The second-order valence-electron chi connectivity index (χ2n) is 4.97. The van der Waals surface area contributed by atoms with Crippen LogP contribution in [0.15, 0.2) is 70.7 Å². The molecule has 118 valence electrons. The maximum absolute atomic E-state index is 12.3. The summed E-state index contributed by atoms with van der Waals surface area (Å²) in [5.41, 5.74) is 1.81. The zero-order valence-corrected chi connectivity index (χ0v) is 14.1. The van der Waals surface area contributed by atoms with Crippen LogP contribution in [0.1, 0.15) is 10.6 Å². The van der Waals surface area contributed by atoms with E-state index in [1.807, 2.05) is 47.8 Å². The van der Waals surface area contributed by atoms with Crippen molar-refractivity contribution in [3.63, 3.8) is 0 Å². The Hall–Kier alpha value is -2.70. The zero-order chi connectivity index (χ0) is 16.4. The number of thiophene rings is 1. The monoisotopic (exact) mass is 352 g/mol. The topological polar surface area (TPSA) is 55.1 Å². The number of amides is 1. The van der Waals surface area contributed by atoms with E-state index in [2.05, 4.69) is 5.32 Å². The van der Waals surface area contributed by atoms with E-state index >= 15 is 0 Å². The van der Waals surface area contributed by atoms with Crippen molar-refractivity contribution in [3.8, 4) is 21.1 Å². The fourth-order valence-electron chi connectivity index (χ4n) is 2.26. The summed E-state index contributed by atoms with van der Waals surface area (Å²) in [6, 6.07) is 17.2. The average Bonchev–Trinajstić information content (AvgIpc) is 3.36. The van der Waals surface area contributed by atoms with Crippen molar-refractivity contribution in [2.45, 2.75) is 0 Å². The Morgan fingerprint density at radius 1 is 1.04 bits per heavy atom. The first-order chi connectivity index (χ1) is 11.8. The highest BCUT2D eigenvalue weighted by Gasteiger charge is 2.18. The quantitative estimate of drug-likeness (QED) is 0.536. The molecule has 1 N–H and O–H groups in total. The minimum atomic E-state index is -0.277. The molecule has 0 bridgehead atoms. The van der Waals surface area contributed by atoms with E-state index in [9.17, 15) is 4.79 Å². The fourth-order valence-corrected chi connectivity index (χ4v) is 4.03. The van der Waals surface area contributed by atoms with E-state index in [0.717, 1.165) is 26.1 Å². The van der Waals surface area contributed by atoms with Gasteiger partial charge >= 0.3 is 0 Å². The number of furan rings is 1. The van der Waals surface area contributed by atoms with Gasteiger partial charge in [0.05, 0.1) is 11.1 Å². The first kappa shape index (κ1) is 14.9.